The number of hydrogen-bond donors (Lipinski definition) is 1. The lowest BCUT2D eigenvalue weighted by Crippen LogP contribution is -2.43. The van der Waals surface area contributed by atoms with Crippen LogP contribution in [0.4, 0.5) is 0 Å². The van der Waals surface area contributed by atoms with Crippen molar-refractivity contribution in [3.05, 3.63) is 34.9 Å². The molecule has 1 aromatic rings. The summed E-state index contributed by atoms with van der Waals surface area (Å²) < 4.78 is 5.66. The van der Waals surface area contributed by atoms with Crippen LogP contribution in [-0.4, -0.2) is 42.4 Å². The van der Waals surface area contributed by atoms with E-state index in [0.29, 0.717) is 12.6 Å². The SMILES string of the molecule is CCC1CN(CC(O)c2ccc(C)cc2C)CCO1. The molecule has 19 heavy (non-hydrogen) atoms. The van der Waals surface area contributed by atoms with Gasteiger partial charge in [-0.2, -0.15) is 0 Å². The van der Waals surface area contributed by atoms with E-state index in [1.54, 1.807) is 0 Å². The van der Waals surface area contributed by atoms with Crippen molar-refractivity contribution in [3.63, 3.8) is 0 Å². The lowest BCUT2D eigenvalue weighted by molar-refractivity contribution is -0.0418. The van der Waals surface area contributed by atoms with Gasteiger partial charge in [-0.3, -0.25) is 4.90 Å². The second-order valence-electron chi connectivity index (χ2n) is 5.54. The van der Waals surface area contributed by atoms with E-state index in [1.165, 1.54) is 11.1 Å². The Hall–Kier alpha value is -0.900. The molecule has 1 aromatic carbocycles. The van der Waals surface area contributed by atoms with E-state index >= 15 is 0 Å². The third-order valence-electron chi connectivity index (χ3n) is 3.89. The number of benzene rings is 1. The maximum absolute atomic E-state index is 10.4. The molecule has 0 aliphatic carbocycles. The van der Waals surface area contributed by atoms with Gasteiger partial charge in [0, 0.05) is 19.6 Å². The van der Waals surface area contributed by atoms with Crippen LogP contribution in [0.5, 0.6) is 0 Å². The monoisotopic (exact) mass is 263 g/mol. The first kappa shape index (κ1) is 14.5. The zero-order valence-electron chi connectivity index (χ0n) is 12.2. The van der Waals surface area contributed by atoms with Crippen molar-refractivity contribution < 1.29 is 9.84 Å². The fraction of sp³-hybridized carbons (Fsp3) is 0.625. The van der Waals surface area contributed by atoms with Crippen molar-refractivity contribution in [2.24, 2.45) is 0 Å². The zero-order valence-corrected chi connectivity index (χ0v) is 12.2. The number of aryl methyl sites for hydroxylation is 2. The molecular weight excluding hydrogens is 238 g/mol. The molecule has 0 spiro atoms. The normalized spacial score (nSPS) is 22.4. The van der Waals surface area contributed by atoms with E-state index in [9.17, 15) is 5.11 Å². The molecule has 2 unspecified atom stereocenters. The topological polar surface area (TPSA) is 32.7 Å². The van der Waals surface area contributed by atoms with E-state index in [0.717, 1.165) is 31.7 Å². The van der Waals surface area contributed by atoms with Gasteiger partial charge in [-0.25, -0.2) is 0 Å². The van der Waals surface area contributed by atoms with Crippen molar-refractivity contribution in [2.45, 2.75) is 39.4 Å². The average Bonchev–Trinajstić information content (AvgIpc) is 2.38. The first-order valence-corrected chi connectivity index (χ1v) is 7.19. The molecule has 0 saturated carbocycles. The van der Waals surface area contributed by atoms with E-state index in [2.05, 4.69) is 37.8 Å². The van der Waals surface area contributed by atoms with Gasteiger partial charge in [0.15, 0.2) is 0 Å². The highest BCUT2D eigenvalue weighted by molar-refractivity contribution is 5.32. The van der Waals surface area contributed by atoms with E-state index in [-0.39, 0.29) is 0 Å². The number of hydrogen-bond acceptors (Lipinski definition) is 3. The molecule has 1 saturated heterocycles. The maximum atomic E-state index is 10.4. The van der Waals surface area contributed by atoms with Gasteiger partial charge in [-0.05, 0) is 31.4 Å². The molecule has 3 nitrogen and oxygen atoms in total. The molecule has 0 aromatic heterocycles. The quantitative estimate of drug-likeness (QED) is 0.905. The predicted molar refractivity (Wildman–Crippen MR) is 77.3 cm³/mol. The molecule has 3 heteroatoms. The number of morpholine rings is 1. The second kappa shape index (κ2) is 6.51. The minimum atomic E-state index is -0.406. The van der Waals surface area contributed by atoms with Crippen LogP contribution in [0.15, 0.2) is 18.2 Å². The smallest absolute Gasteiger partial charge is 0.0919 e. The van der Waals surface area contributed by atoms with Gasteiger partial charge >= 0.3 is 0 Å². The Kier molecular flexibility index (Phi) is 4.97. The molecule has 106 valence electrons. The Morgan fingerprint density at radius 3 is 2.89 bits per heavy atom. The molecule has 1 heterocycles. The van der Waals surface area contributed by atoms with Crippen LogP contribution in [0.2, 0.25) is 0 Å². The van der Waals surface area contributed by atoms with Gasteiger partial charge in [0.05, 0.1) is 18.8 Å². The van der Waals surface area contributed by atoms with Crippen molar-refractivity contribution >= 4 is 0 Å². The van der Waals surface area contributed by atoms with Crippen LogP contribution in [-0.2, 0) is 4.74 Å². The fourth-order valence-corrected chi connectivity index (χ4v) is 2.74. The number of ether oxygens (including phenoxy) is 1. The molecule has 2 atom stereocenters. The number of nitrogens with zero attached hydrogens (tertiary/aromatic N) is 1. The molecule has 0 bridgehead atoms. The molecule has 2 rings (SSSR count). The van der Waals surface area contributed by atoms with Crippen LogP contribution in [0, 0.1) is 13.8 Å². The van der Waals surface area contributed by atoms with E-state index in [1.807, 2.05) is 6.07 Å². The van der Waals surface area contributed by atoms with Crippen molar-refractivity contribution in [2.75, 3.05) is 26.2 Å². The van der Waals surface area contributed by atoms with Crippen molar-refractivity contribution in [1.82, 2.24) is 4.90 Å². The predicted octanol–water partition coefficient (Wildman–Crippen LogP) is 2.45. The first-order chi connectivity index (χ1) is 9.10. The summed E-state index contributed by atoms with van der Waals surface area (Å²) in [5.41, 5.74) is 3.46. The summed E-state index contributed by atoms with van der Waals surface area (Å²) in [5.74, 6) is 0. The molecular formula is C16H25NO2. The van der Waals surface area contributed by atoms with Crippen LogP contribution in [0.1, 0.15) is 36.1 Å². The molecule has 1 aliphatic heterocycles. The third kappa shape index (κ3) is 3.78. The van der Waals surface area contributed by atoms with Gasteiger partial charge in [0.2, 0.25) is 0 Å². The standard InChI is InChI=1S/C16H25NO2/c1-4-14-10-17(7-8-19-14)11-16(18)15-6-5-12(2)9-13(15)3/h5-6,9,14,16,18H,4,7-8,10-11H2,1-3H3. The summed E-state index contributed by atoms with van der Waals surface area (Å²) >= 11 is 0. The number of aliphatic hydroxyl groups excluding tert-OH is 1. The van der Waals surface area contributed by atoms with Gasteiger partial charge in [-0.1, -0.05) is 30.7 Å². The van der Waals surface area contributed by atoms with Crippen LogP contribution in [0.3, 0.4) is 0 Å². The van der Waals surface area contributed by atoms with E-state index < -0.39 is 6.10 Å². The fourth-order valence-electron chi connectivity index (χ4n) is 2.74. The number of β-amino-alcohol motifs (C(OH)–C–C–N with tert-alkyl or cyclic N) is 1. The summed E-state index contributed by atoms with van der Waals surface area (Å²) in [6, 6.07) is 6.25. The average molecular weight is 263 g/mol. The Labute approximate surface area is 116 Å². The summed E-state index contributed by atoms with van der Waals surface area (Å²) in [6.07, 6.45) is 0.951. The Balaban J connectivity index is 1.98. The summed E-state index contributed by atoms with van der Waals surface area (Å²) in [5, 5.41) is 10.4. The van der Waals surface area contributed by atoms with Crippen LogP contribution in [0.25, 0.3) is 0 Å². The van der Waals surface area contributed by atoms with E-state index in [4.69, 9.17) is 4.74 Å². The van der Waals surface area contributed by atoms with Gasteiger partial charge < -0.3 is 9.84 Å². The second-order valence-corrected chi connectivity index (χ2v) is 5.54. The highest BCUT2D eigenvalue weighted by Gasteiger charge is 2.22. The lowest BCUT2D eigenvalue weighted by Gasteiger charge is -2.33. The highest BCUT2D eigenvalue weighted by atomic mass is 16.5. The largest absolute Gasteiger partial charge is 0.387 e. The van der Waals surface area contributed by atoms with Crippen molar-refractivity contribution in [1.29, 1.82) is 0 Å². The number of rotatable bonds is 4. The molecule has 1 fully saturated rings. The number of aliphatic hydroxyl groups is 1. The maximum Gasteiger partial charge on any atom is 0.0919 e. The van der Waals surface area contributed by atoms with Crippen LogP contribution >= 0.6 is 0 Å². The van der Waals surface area contributed by atoms with Crippen molar-refractivity contribution in [3.8, 4) is 0 Å². The molecule has 0 radical (unpaired) electrons. The summed E-state index contributed by atoms with van der Waals surface area (Å²) in [6.45, 7) is 9.62. The Morgan fingerprint density at radius 2 is 2.21 bits per heavy atom. The minimum absolute atomic E-state index is 0.320. The molecule has 0 amide bonds. The zero-order chi connectivity index (χ0) is 13.8. The molecule has 1 aliphatic rings. The third-order valence-corrected chi connectivity index (χ3v) is 3.89. The Morgan fingerprint density at radius 1 is 1.42 bits per heavy atom. The first-order valence-electron chi connectivity index (χ1n) is 7.19. The van der Waals surface area contributed by atoms with Gasteiger partial charge in [0.1, 0.15) is 0 Å². The lowest BCUT2D eigenvalue weighted by atomic mass is 10.0. The van der Waals surface area contributed by atoms with Gasteiger partial charge in [-0.15, -0.1) is 0 Å². The van der Waals surface area contributed by atoms with Gasteiger partial charge in [0.25, 0.3) is 0 Å². The summed E-state index contributed by atoms with van der Waals surface area (Å²) in [4.78, 5) is 2.31. The van der Waals surface area contributed by atoms with Crippen LogP contribution < -0.4 is 0 Å². The molecule has 1 N–H and O–H groups in total. The summed E-state index contributed by atoms with van der Waals surface area (Å²) in [7, 11) is 0. The highest BCUT2D eigenvalue weighted by Crippen LogP contribution is 2.21. The Bertz CT molecular complexity index is 419. The minimum Gasteiger partial charge on any atom is -0.387 e.